The number of carbonyl (C=O) groups excluding carboxylic acids is 1. The van der Waals surface area contributed by atoms with Crippen LogP contribution in [0.15, 0.2) is 24.3 Å². The van der Waals surface area contributed by atoms with E-state index in [2.05, 4.69) is 13.0 Å². The van der Waals surface area contributed by atoms with Gasteiger partial charge < -0.3 is 0 Å². The number of hydrogen-bond acceptors (Lipinski definition) is 1. The van der Waals surface area contributed by atoms with Gasteiger partial charge in [0.2, 0.25) is 0 Å². The van der Waals surface area contributed by atoms with Gasteiger partial charge in [0.15, 0.2) is 0 Å². The molecule has 1 fully saturated rings. The maximum absolute atomic E-state index is 11.0. The van der Waals surface area contributed by atoms with E-state index in [0.29, 0.717) is 0 Å². The first-order valence-corrected chi connectivity index (χ1v) is 6.86. The van der Waals surface area contributed by atoms with Crippen molar-refractivity contribution < 1.29 is 4.79 Å². The fraction of sp³-hybridized carbons (Fsp3) is 0.562. The molecular formula is C16H22O. The van der Waals surface area contributed by atoms with Crippen molar-refractivity contribution in [1.29, 1.82) is 0 Å². The fourth-order valence-electron chi connectivity index (χ4n) is 2.99. The van der Waals surface area contributed by atoms with Gasteiger partial charge in [-0.25, -0.2) is 0 Å². The Morgan fingerprint density at radius 2 is 1.76 bits per heavy atom. The second-order valence-corrected chi connectivity index (χ2v) is 5.32. The topological polar surface area (TPSA) is 17.1 Å². The molecule has 0 spiro atoms. The molecule has 1 saturated carbocycles. The highest BCUT2D eigenvalue weighted by atomic mass is 16.1. The molecule has 0 radical (unpaired) electrons. The van der Waals surface area contributed by atoms with Gasteiger partial charge in [0.1, 0.15) is 6.29 Å². The molecule has 1 aliphatic rings. The average Bonchev–Trinajstić information content (AvgIpc) is 2.40. The van der Waals surface area contributed by atoms with Gasteiger partial charge in [-0.2, -0.15) is 0 Å². The summed E-state index contributed by atoms with van der Waals surface area (Å²) in [6.07, 6.45) is 8.85. The quantitative estimate of drug-likeness (QED) is 0.706. The molecule has 2 rings (SSSR count). The molecule has 1 nitrogen and oxygen atoms in total. The van der Waals surface area contributed by atoms with Crippen molar-refractivity contribution in [3.63, 3.8) is 0 Å². The van der Waals surface area contributed by atoms with E-state index in [1.807, 2.05) is 18.2 Å². The molecule has 1 heteroatoms. The van der Waals surface area contributed by atoms with Crippen molar-refractivity contribution in [1.82, 2.24) is 0 Å². The summed E-state index contributed by atoms with van der Waals surface area (Å²) in [5, 5.41) is 0. The van der Waals surface area contributed by atoms with Gasteiger partial charge >= 0.3 is 0 Å². The average molecular weight is 230 g/mol. The Bertz CT molecular complexity index is 362. The minimum Gasteiger partial charge on any atom is -0.298 e. The first kappa shape index (κ1) is 12.3. The zero-order valence-electron chi connectivity index (χ0n) is 10.7. The lowest BCUT2D eigenvalue weighted by Crippen LogP contribution is -2.16. The molecule has 0 bridgehead atoms. The molecular weight excluding hydrogens is 208 g/mol. The number of hydrogen-bond donors (Lipinski definition) is 0. The van der Waals surface area contributed by atoms with Gasteiger partial charge in [0, 0.05) is 5.56 Å². The summed E-state index contributed by atoms with van der Waals surface area (Å²) < 4.78 is 0. The minimum absolute atomic E-state index is 0.791. The van der Waals surface area contributed by atoms with Crippen LogP contribution in [0, 0.1) is 11.8 Å². The monoisotopic (exact) mass is 230 g/mol. The Hall–Kier alpha value is -1.11. The van der Waals surface area contributed by atoms with Crippen LogP contribution in [0.25, 0.3) is 0 Å². The maximum Gasteiger partial charge on any atom is 0.150 e. The van der Waals surface area contributed by atoms with Crippen LogP contribution >= 0.6 is 0 Å². The second-order valence-electron chi connectivity index (χ2n) is 5.32. The van der Waals surface area contributed by atoms with Crippen LogP contribution in [0.3, 0.4) is 0 Å². The molecule has 1 aliphatic carbocycles. The first-order chi connectivity index (χ1) is 8.33. The number of rotatable bonds is 4. The standard InChI is InChI=1S/C16H22O/c1-2-13-7-9-14(10-8-13)11-15-5-3-4-6-16(15)12-17/h3-6,12-14H,2,7-11H2,1H3. The molecule has 0 saturated heterocycles. The molecule has 0 unspecified atom stereocenters. The van der Waals surface area contributed by atoms with E-state index in [4.69, 9.17) is 0 Å². The molecule has 0 atom stereocenters. The van der Waals surface area contributed by atoms with Crippen molar-refractivity contribution in [2.75, 3.05) is 0 Å². The molecule has 0 aliphatic heterocycles. The summed E-state index contributed by atoms with van der Waals surface area (Å²) in [5.74, 6) is 1.74. The number of benzene rings is 1. The first-order valence-electron chi connectivity index (χ1n) is 6.86. The van der Waals surface area contributed by atoms with Crippen LogP contribution in [0.1, 0.15) is 54.9 Å². The molecule has 1 aromatic carbocycles. The van der Waals surface area contributed by atoms with E-state index >= 15 is 0 Å². The van der Waals surface area contributed by atoms with Crippen LogP contribution < -0.4 is 0 Å². The highest BCUT2D eigenvalue weighted by Crippen LogP contribution is 2.32. The predicted molar refractivity (Wildman–Crippen MR) is 71.3 cm³/mol. The third kappa shape index (κ3) is 3.18. The summed E-state index contributed by atoms with van der Waals surface area (Å²) in [6.45, 7) is 2.30. The largest absolute Gasteiger partial charge is 0.298 e. The zero-order valence-corrected chi connectivity index (χ0v) is 10.7. The summed E-state index contributed by atoms with van der Waals surface area (Å²) >= 11 is 0. The Morgan fingerprint density at radius 1 is 1.12 bits per heavy atom. The lowest BCUT2D eigenvalue weighted by molar-refractivity contribution is 0.112. The van der Waals surface area contributed by atoms with Crippen molar-refractivity contribution in [2.45, 2.75) is 45.4 Å². The molecule has 17 heavy (non-hydrogen) atoms. The normalized spacial score (nSPS) is 24.5. The molecule has 1 aromatic rings. The SMILES string of the molecule is CCC1CCC(Cc2ccccc2C=O)CC1. The molecule has 0 amide bonds. The third-order valence-corrected chi connectivity index (χ3v) is 4.23. The van der Waals surface area contributed by atoms with E-state index in [1.165, 1.54) is 37.7 Å². The van der Waals surface area contributed by atoms with Crippen LogP contribution in [0.5, 0.6) is 0 Å². The Labute approximate surface area is 104 Å². The molecule has 0 N–H and O–H groups in total. The number of aldehydes is 1. The van der Waals surface area contributed by atoms with Crippen molar-refractivity contribution >= 4 is 6.29 Å². The Kier molecular flexibility index (Phi) is 4.36. The van der Waals surface area contributed by atoms with E-state index in [0.717, 1.165) is 30.1 Å². The Morgan fingerprint density at radius 3 is 2.41 bits per heavy atom. The minimum atomic E-state index is 0.791. The third-order valence-electron chi connectivity index (χ3n) is 4.23. The molecule has 92 valence electrons. The summed E-state index contributed by atoms with van der Waals surface area (Å²) in [7, 11) is 0. The fourth-order valence-corrected chi connectivity index (χ4v) is 2.99. The number of carbonyl (C=O) groups is 1. The van der Waals surface area contributed by atoms with Gasteiger partial charge in [0.05, 0.1) is 0 Å². The lowest BCUT2D eigenvalue weighted by Gasteiger charge is -2.28. The van der Waals surface area contributed by atoms with Gasteiger partial charge in [-0.1, -0.05) is 50.5 Å². The van der Waals surface area contributed by atoms with Crippen LogP contribution in [-0.2, 0) is 6.42 Å². The van der Waals surface area contributed by atoms with Gasteiger partial charge in [-0.05, 0) is 36.7 Å². The highest BCUT2D eigenvalue weighted by molar-refractivity contribution is 5.77. The van der Waals surface area contributed by atoms with Crippen LogP contribution in [0.2, 0.25) is 0 Å². The van der Waals surface area contributed by atoms with E-state index in [9.17, 15) is 4.79 Å². The lowest BCUT2D eigenvalue weighted by atomic mass is 9.78. The highest BCUT2D eigenvalue weighted by Gasteiger charge is 2.20. The van der Waals surface area contributed by atoms with Crippen LogP contribution in [0.4, 0.5) is 0 Å². The van der Waals surface area contributed by atoms with E-state index < -0.39 is 0 Å². The maximum atomic E-state index is 11.0. The van der Waals surface area contributed by atoms with Crippen molar-refractivity contribution in [3.05, 3.63) is 35.4 Å². The molecule has 0 heterocycles. The van der Waals surface area contributed by atoms with E-state index in [1.54, 1.807) is 0 Å². The second kappa shape index (κ2) is 6.00. The van der Waals surface area contributed by atoms with Crippen molar-refractivity contribution in [2.24, 2.45) is 11.8 Å². The predicted octanol–water partition coefficient (Wildman–Crippen LogP) is 4.26. The summed E-state index contributed by atoms with van der Waals surface area (Å²) in [4.78, 5) is 11.0. The Balaban J connectivity index is 1.95. The van der Waals surface area contributed by atoms with Gasteiger partial charge in [-0.15, -0.1) is 0 Å². The van der Waals surface area contributed by atoms with Gasteiger partial charge in [0.25, 0.3) is 0 Å². The smallest absolute Gasteiger partial charge is 0.150 e. The molecule has 0 aromatic heterocycles. The van der Waals surface area contributed by atoms with Crippen molar-refractivity contribution in [3.8, 4) is 0 Å². The van der Waals surface area contributed by atoms with Crippen LogP contribution in [-0.4, -0.2) is 6.29 Å². The summed E-state index contributed by atoms with van der Waals surface area (Å²) in [5.41, 5.74) is 2.12. The van der Waals surface area contributed by atoms with Gasteiger partial charge in [-0.3, -0.25) is 4.79 Å². The van der Waals surface area contributed by atoms with E-state index in [-0.39, 0.29) is 0 Å². The zero-order chi connectivity index (χ0) is 12.1. The summed E-state index contributed by atoms with van der Waals surface area (Å²) in [6, 6.07) is 8.02.